The van der Waals surface area contributed by atoms with Crippen molar-refractivity contribution in [1.29, 1.82) is 0 Å². The summed E-state index contributed by atoms with van der Waals surface area (Å²) in [4.78, 5) is 11.6. The lowest BCUT2D eigenvalue weighted by molar-refractivity contribution is -0.125. The van der Waals surface area contributed by atoms with E-state index in [2.05, 4.69) is 20.8 Å². The first-order chi connectivity index (χ1) is 5.87. The predicted octanol–water partition coefficient (Wildman–Crippen LogP) is 1.76. The summed E-state index contributed by atoms with van der Waals surface area (Å²) < 4.78 is 0. The number of hydrogen-bond donors (Lipinski definition) is 1. The average Bonchev–Trinajstić information content (AvgIpc) is 2.33. The van der Waals surface area contributed by atoms with Crippen LogP contribution in [0.15, 0.2) is 0 Å². The second-order valence-electron chi connectivity index (χ2n) is 5.71. The molecule has 2 aliphatic carbocycles. The van der Waals surface area contributed by atoms with Gasteiger partial charge in [0.25, 0.3) is 0 Å². The van der Waals surface area contributed by atoms with E-state index in [4.69, 9.17) is 0 Å². The monoisotopic (exact) mass is 182 g/mol. The van der Waals surface area contributed by atoms with Gasteiger partial charge in [0.05, 0.1) is 6.10 Å². The molecule has 2 fully saturated rings. The van der Waals surface area contributed by atoms with Crippen molar-refractivity contribution in [3.63, 3.8) is 0 Å². The van der Waals surface area contributed by atoms with Gasteiger partial charge in [-0.1, -0.05) is 20.8 Å². The van der Waals surface area contributed by atoms with E-state index in [0.717, 1.165) is 12.8 Å². The third kappa shape index (κ3) is 1.08. The molecule has 0 unspecified atom stereocenters. The molecule has 74 valence electrons. The molecule has 2 aliphatic rings. The van der Waals surface area contributed by atoms with Crippen molar-refractivity contribution in [2.75, 3.05) is 0 Å². The Morgan fingerprint density at radius 1 is 1.38 bits per heavy atom. The molecule has 2 rings (SSSR count). The second-order valence-corrected chi connectivity index (χ2v) is 5.71. The molecule has 1 N–H and O–H groups in total. The zero-order valence-corrected chi connectivity index (χ0v) is 8.63. The second kappa shape index (κ2) is 2.35. The molecule has 2 heteroatoms. The Labute approximate surface area is 79.3 Å². The van der Waals surface area contributed by atoms with E-state index in [1.165, 1.54) is 0 Å². The Morgan fingerprint density at radius 3 is 2.54 bits per heavy atom. The molecule has 0 radical (unpaired) electrons. The van der Waals surface area contributed by atoms with Crippen LogP contribution in [-0.2, 0) is 4.79 Å². The lowest BCUT2D eigenvalue weighted by atomic mass is 9.81. The van der Waals surface area contributed by atoms with E-state index < -0.39 is 6.10 Å². The number of Topliss-reactive ketones (excluding diaryl/α,β-unsaturated/α-hetero) is 1. The minimum absolute atomic E-state index is 0.0739. The fourth-order valence-electron chi connectivity index (χ4n) is 3.46. The molecular weight excluding hydrogens is 164 g/mol. The maximum absolute atomic E-state index is 11.6. The van der Waals surface area contributed by atoms with Crippen LogP contribution in [-0.4, -0.2) is 17.0 Å². The molecule has 0 aliphatic heterocycles. The molecular formula is C11H18O2. The third-order valence-corrected chi connectivity index (χ3v) is 4.02. The van der Waals surface area contributed by atoms with Gasteiger partial charge in [0, 0.05) is 12.3 Å². The third-order valence-electron chi connectivity index (χ3n) is 4.02. The van der Waals surface area contributed by atoms with E-state index in [-0.39, 0.29) is 22.5 Å². The van der Waals surface area contributed by atoms with Crippen molar-refractivity contribution in [3.8, 4) is 0 Å². The van der Waals surface area contributed by atoms with Gasteiger partial charge in [-0.05, 0) is 23.7 Å². The van der Waals surface area contributed by atoms with Crippen molar-refractivity contribution in [1.82, 2.24) is 0 Å². The summed E-state index contributed by atoms with van der Waals surface area (Å²) in [5, 5.41) is 10.0. The van der Waals surface area contributed by atoms with E-state index in [0.29, 0.717) is 6.42 Å². The van der Waals surface area contributed by atoms with Crippen LogP contribution in [0.3, 0.4) is 0 Å². The lowest BCUT2D eigenvalue weighted by Gasteiger charge is -2.24. The van der Waals surface area contributed by atoms with Crippen molar-refractivity contribution in [2.45, 2.75) is 46.1 Å². The van der Waals surface area contributed by atoms with Gasteiger partial charge in [-0.2, -0.15) is 0 Å². The van der Waals surface area contributed by atoms with Crippen LogP contribution in [0.25, 0.3) is 0 Å². The van der Waals surface area contributed by atoms with Crippen LogP contribution in [0.5, 0.6) is 0 Å². The number of fused-ring (bicyclic) bond motifs is 1. The average molecular weight is 182 g/mol. The van der Waals surface area contributed by atoms with Crippen LogP contribution in [0, 0.1) is 16.7 Å². The normalized spacial score (nSPS) is 48.2. The Balaban J connectivity index is 2.37. The number of aliphatic hydroxyl groups excluding tert-OH is 1. The maximum atomic E-state index is 11.6. The van der Waals surface area contributed by atoms with Crippen LogP contribution in [0.4, 0.5) is 0 Å². The zero-order chi connectivity index (χ0) is 9.85. The molecule has 0 aromatic heterocycles. The standard InChI is InChI=1S/C11H18O2/c1-10(2)6-11(3)5-4-7(12)8(11)9(10)13/h8-9,13H,4-6H2,1-3H3/t8-,9-,11+/m0/s1. The highest BCUT2D eigenvalue weighted by Gasteiger charge is 2.59. The van der Waals surface area contributed by atoms with Gasteiger partial charge in [-0.15, -0.1) is 0 Å². The molecule has 13 heavy (non-hydrogen) atoms. The summed E-state index contributed by atoms with van der Waals surface area (Å²) in [6.07, 6.45) is 2.20. The summed E-state index contributed by atoms with van der Waals surface area (Å²) >= 11 is 0. The van der Waals surface area contributed by atoms with Crippen LogP contribution < -0.4 is 0 Å². The number of aliphatic hydroxyl groups is 1. The number of ketones is 1. The Kier molecular flexibility index (Phi) is 1.66. The van der Waals surface area contributed by atoms with Crippen LogP contribution in [0.2, 0.25) is 0 Å². The van der Waals surface area contributed by atoms with Gasteiger partial charge in [-0.3, -0.25) is 4.79 Å². The molecule has 2 saturated carbocycles. The van der Waals surface area contributed by atoms with Gasteiger partial charge in [0.2, 0.25) is 0 Å². The molecule has 0 bridgehead atoms. The van der Waals surface area contributed by atoms with E-state index in [1.807, 2.05) is 0 Å². The summed E-state index contributed by atoms with van der Waals surface area (Å²) in [6, 6.07) is 0. The highest BCUT2D eigenvalue weighted by Crippen LogP contribution is 2.59. The van der Waals surface area contributed by atoms with E-state index in [9.17, 15) is 9.90 Å². The number of carbonyl (C=O) groups is 1. The van der Waals surface area contributed by atoms with Crippen molar-refractivity contribution >= 4 is 5.78 Å². The summed E-state index contributed by atoms with van der Waals surface area (Å²) in [5.41, 5.74) is 0.00942. The van der Waals surface area contributed by atoms with Gasteiger partial charge in [0.1, 0.15) is 5.78 Å². The van der Waals surface area contributed by atoms with Gasteiger partial charge < -0.3 is 5.11 Å². The van der Waals surface area contributed by atoms with Gasteiger partial charge in [-0.25, -0.2) is 0 Å². The molecule has 0 saturated heterocycles. The number of rotatable bonds is 0. The minimum atomic E-state index is -0.424. The fraction of sp³-hybridized carbons (Fsp3) is 0.909. The SMILES string of the molecule is CC1(C)C[C@@]2(C)CCC(=O)[C@H]2[C@@H]1O. The zero-order valence-electron chi connectivity index (χ0n) is 8.63. The Hall–Kier alpha value is -0.370. The number of carbonyl (C=O) groups excluding carboxylic acids is 1. The van der Waals surface area contributed by atoms with Gasteiger partial charge in [0.15, 0.2) is 0 Å². The Bertz CT molecular complexity index is 257. The topological polar surface area (TPSA) is 37.3 Å². The van der Waals surface area contributed by atoms with E-state index >= 15 is 0 Å². The highest BCUT2D eigenvalue weighted by molar-refractivity contribution is 5.85. The lowest BCUT2D eigenvalue weighted by Crippen LogP contribution is -2.32. The molecule has 0 aromatic rings. The minimum Gasteiger partial charge on any atom is -0.392 e. The molecule has 3 atom stereocenters. The maximum Gasteiger partial charge on any atom is 0.139 e. The first-order valence-corrected chi connectivity index (χ1v) is 5.08. The van der Waals surface area contributed by atoms with Crippen molar-refractivity contribution in [3.05, 3.63) is 0 Å². The van der Waals surface area contributed by atoms with Crippen molar-refractivity contribution in [2.24, 2.45) is 16.7 Å². The molecule has 0 heterocycles. The first-order valence-electron chi connectivity index (χ1n) is 5.08. The predicted molar refractivity (Wildman–Crippen MR) is 50.2 cm³/mol. The Morgan fingerprint density at radius 2 is 2.00 bits per heavy atom. The summed E-state index contributed by atoms with van der Waals surface area (Å²) in [5.74, 6) is 0.197. The smallest absolute Gasteiger partial charge is 0.139 e. The van der Waals surface area contributed by atoms with E-state index in [1.54, 1.807) is 0 Å². The molecule has 0 aromatic carbocycles. The van der Waals surface area contributed by atoms with Crippen LogP contribution in [0.1, 0.15) is 40.0 Å². The molecule has 0 amide bonds. The highest BCUT2D eigenvalue weighted by atomic mass is 16.3. The largest absolute Gasteiger partial charge is 0.392 e. The quantitative estimate of drug-likeness (QED) is 0.620. The van der Waals surface area contributed by atoms with Crippen LogP contribution >= 0.6 is 0 Å². The van der Waals surface area contributed by atoms with Gasteiger partial charge >= 0.3 is 0 Å². The van der Waals surface area contributed by atoms with Crippen molar-refractivity contribution < 1.29 is 9.90 Å². The molecule has 2 nitrogen and oxygen atoms in total. The summed E-state index contributed by atoms with van der Waals surface area (Å²) in [6.45, 7) is 6.28. The molecule has 0 spiro atoms. The summed E-state index contributed by atoms with van der Waals surface area (Å²) in [7, 11) is 0. The first kappa shape index (κ1) is 9.20. The number of hydrogen-bond acceptors (Lipinski definition) is 2. The fourth-order valence-corrected chi connectivity index (χ4v) is 3.46.